The van der Waals surface area contributed by atoms with Gasteiger partial charge in [-0.2, -0.15) is 0 Å². The van der Waals surface area contributed by atoms with Crippen LogP contribution < -0.4 is 5.73 Å². The summed E-state index contributed by atoms with van der Waals surface area (Å²) in [7, 11) is 0. The van der Waals surface area contributed by atoms with Crippen molar-refractivity contribution < 1.29 is 4.79 Å². The molecule has 4 heteroatoms. The maximum Gasteiger partial charge on any atom is 0.250 e. The molecule has 1 heterocycles. The lowest BCUT2D eigenvalue weighted by Crippen LogP contribution is -2.14. The van der Waals surface area contributed by atoms with Crippen LogP contribution >= 0.6 is 0 Å². The Morgan fingerprint density at radius 1 is 1.33 bits per heavy atom. The van der Waals surface area contributed by atoms with E-state index in [4.69, 9.17) is 5.73 Å². The van der Waals surface area contributed by atoms with Gasteiger partial charge in [0.1, 0.15) is 11.3 Å². The van der Waals surface area contributed by atoms with Crippen molar-refractivity contribution in [1.29, 1.82) is 0 Å². The lowest BCUT2D eigenvalue weighted by molar-refractivity contribution is 0.100. The predicted molar refractivity (Wildman–Crippen MR) is 84.2 cm³/mol. The zero-order valence-electron chi connectivity index (χ0n) is 12.6. The third kappa shape index (κ3) is 2.80. The van der Waals surface area contributed by atoms with Gasteiger partial charge < -0.3 is 10.7 Å². The SMILES string of the molecule is CCCC1CCC(c2nc3c(C(N)=O)cccc3[nH]2)CC1. The summed E-state index contributed by atoms with van der Waals surface area (Å²) in [6.07, 6.45) is 7.59. The molecular formula is C17H23N3O. The number of aromatic nitrogens is 2. The molecule has 1 aromatic carbocycles. The van der Waals surface area contributed by atoms with Crippen molar-refractivity contribution in [2.24, 2.45) is 11.7 Å². The molecule has 0 radical (unpaired) electrons. The highest BCUT2D eigenvalue weighted by molar-refractivity contribution is 6.04. The highest BCUT2D eigenvalue weighted by atomic mass is 16.1. The number of nitrogens with two attached hydrogens (primary N) is 1. The number of aromatic amines is 1. The van der Waals surface area contributed by atoms with E-state index >= 15 is 0 Å². The highest BCUT2D eigenvalue weighted by Crippen LogP contribution is 2.37. The number of nitrogens with one attached hydrogen (secondary N) is 1. The van der Waals surface area contributed by atoms with Crippen LogP contribution in [0, 0.1) is 5.92 Å². The normalized spacial score (nSPS) is 22.5. The molecule has 2 aromatic rings. The van der Waals surface area contributed by atoms with Crippen LogP contribution in [-0.4, -0.2) is 15.9 Å². The van der Waals surface area contributed by atoms with Crippen LogP contribution in [0.3, 0.4) is 0 Å². The second-order valence-electron chi connectivity index (χ2n) is 6.19. The first kappa shape index (κ1) is 14.1. The second kappa shape index (κ2) is 5.88. The molecule has 0 atom stereocenters. The van der Waals surface area contributed by atoms with Crippen molar-refractivity contribution in [3.8, 4) is 0 Å². The Hall–Kier alpha value is -1.84. The van der Waals surface area contributed by atoms with Crippen LogP contribution in [0.5, 0.6) is 0 Å². The summed E-state index contributed by atoms with van der Waals surface area (Å²) in [6.45, 7) is 2.26. The van der Waals surface area contributed by atoms with Crippen molar-refractivity contribution in [2.45, 2.75) is 51.4 Å². The number of nitrogens with zero attached hydrogens (tertiary/aromatic N) is 1. The van der Waals surface area contributed by atoms with Gasteiger partial charge in [0.15, 0.2) is 0 Å². The van der Waals surface area contributed by atoms with Crippen LogP contribution in [0.4, 0.5) is 0 Å². The molecule has 1 saturated carbocycles. The van der Waals surface area contributed by atoms with Gasteiger partial charge >= 0.3 is 0 Å². The van der Waals surface area contributed by atoms with E-state index in [0.717, 1.165) is 22.8 Å². The number of carbonyl (C=O) groups excluding carboxylic acids is 1. The fourth-order valence-corrected chi connectivity index (χ4v) is 3.58. The van der Waals surface area contributed by atoms with Gasteiger partial charge in [0, 0.05) is 5.92 Å². The Morgan fingerprint density at radius 2 is 2.10 bits per heavy atom. The Kier molecular flexibility index (Phi) is 3.95. The molecule has 1 aliphatic rings. The maximum atomic E-state index is 11.5. The minimum atomic E-state index is -0.412. The quantitative estimate of drug-likeness (QED) is 0.898. The summed E-state index contributed by atoms with van der Waals surface area (Å²) in [6, 6.07) is 5.55. The van der Waals surface area contributed by atoms with Crippen LogP contribution in [0.1, 0.15) is 67.5 Å². The second-order valence-corrected chi connectivity index (χ2v) is 6.19. The smallest absolute Gasteiger partial charge is 0.250 e. The molecule has 0 spiro atoms. The molecule has 0 bridgehead atoms. The molecule has 0 saturated heterocycles. The third-order valence-corrected chi connectivity index (χ3v) is 4.73. The van der Waals surface area contributed by atoms with Gasteiger partial charge in [-0.1, -0.05) is 25.8 Å². The van der Waals surface area contributed by atoms with Crippen molar-refractivity contribution in [3.05, 3.63) is 29.6 Å². The number of H-pyrrole nitrogens is 1. The molecule has 1 aliphatic carbocycles. The number of imidazole rings is 1. The van der Waals surface area contributed by atoms with E-state index in [0.29, 0.717) is 11.5 Å². The van der Waals surface area contributed by atoms with Gasteiger partial charge in [-0.3, -0.25) is 4.79 Å². The van der Waals surface area contributed by atoms with Gasteiger partial charge in [-0.05, 0) is 43.7 Å². The number of benzene rings is 1. The minimum absolute atomic E-state index is 0.412. The topological polar surface area (TPSA) is 71.8 Å². The molecule has 1 amide bonds. The number of amides is 1. The van der Waals surface area contributed by atoms with E-state index in [1.165, 1.54) is 38.5 Å². The van der Waals surface area contributed by atoms with Crippen molar-refractivity contribution in [1.82, 2.24) is 9.97 Å². The first-order valence-corrected chi connectivity index (χ1v) is 7.97. The number of hydrogen-bond donors (Lipinski definition) is 2. The monoisotopic (exact) mass is 285 g/mol. The summed E-state index contributed by atoms with van der Waals surface area (Å²) in [5.74, 6) is 1.99. The van der Waals surface area contributed by atoms with Gasteiger partial charge in [0.2, 0.25) is 0 Å². The number of hydrogen-bond acceptors (Lipinski definition) is 2. The Balaban J connectivity index is 1.82. The van der Waals surface area contributed by atoms with Crippen molar-refractivity contribution in [2.75, 3.05) is 0 Å². The van der Waals surface area contributed by atoms with E-state index in [2.05, 4.69) is 16.9 Å². The molecular weight excluding hydrogens is 262 g/mol. The molecule has 3 rings (SSSR count). The summed E-state index contributed by atoms with van der Waals surface area (Å²) >= 11 is 0. The maximum absolute atomic E-state index is 11.5. The number of fused-ring (bicyclic) bond motifs is 1. The molecule has 3 N–H and O–H groups in total. The summed E-state index contributed by atoms with van der Waals surface area (Å²) in [4.78, 5) is 19.5. The van der Waals surface area contributed by atoms with E-state index in [-0.39, 0.29) is 0 Å². The largest absolute Gasteiger partial charge is 0.366 e. The average Bonchev–Trinajstić information content (AvgIpc) is 2.92. The van der Waals surface area contributed by atoms with Crippen LogP contribution in [0.2, 0.25) is 0 Å². The summed E-state index contributed by atoms with van der Waals surface area (Å²) < 4.78 is 0. The lowest BCUT2D eigenvalue weighted by Gasteiger charge is -2.27. The Morgan fingerprint density at radius 3 is 2.76 bits per heavy atom. The average molecular weight is 285 g/mol. The Bertz CT molecular complexity index is 639. The molecule has 4 nitrogen and oxygen atoms in total. The lowest BCUT2D eigenvalue weighted by atomic mass is 9.80. The molecule has 0 aliphatic heterocycles. The van der Waals surface area contributed by atoms with Gasteiger partial charge in [-0.15, -0.1) is 0 Å². The number of rotatable bonds is 4. The standard InChI is InChI=1S/C17H23N3O/c1-2-4-11-7-9-12(10-8-11)17-19-14-6-3-5-13(16(18)21)15(14)20-17/h3,5-6,11-12H,2,4,7-10H2,1H3,(H2,18,21)(H,19,20). The molecule has 1 aromatic heterocycles. The van der Waals surface area contributed by atoms with E-state index in [9.17, 15) is 4.79 Å². The zero-order chi connectivity index (χ0) is 14.8. The summed E-state index contributed by atoms with van der Waals surface area (Å²) in [5.41, 5.74) is 7.57. The van der Waals surface area contributed by atoms with Gasteiger partial charge in [0.25, 0.3) is 5.91 Å². The summed E-state index contributed by atoms with van der Waals surface area (Å²) in [5, 5.41) is 0. The predicted octanol–water partition coefficient (Wildman–Crippen LogP) is 3.74. The van der Waals surface area contributed by atoms with Crippen LogP contribution in [0.15, 0.2) is 18.2 Å². The Labute approximate surface area is 125 Å². The van der Waals surface area contributed by atoms with E-state index < -0.39 is 5.91 Å². The number of primary amides is 1. The first-order chi connectivity index (χ1) is 10.2. The zero-order valence-corrected chi connectivity index (χ0v) is 12.6. The molecule has 21 heavy (non-hydrogen) atoms. The van der Waals surface area contributed by atoms with Crippen LogP contribution in [-0.2, 0) is 0 Å². The van der Waals surface area contributed by atoms with E-state index in [1.807, 2.05) is 12.1 Å². The van der Waals surface area contributed by atoms with E-state index in [1.54, 1.807) is 6.07 Å². The highest BCUT2D eigenvalue weighted by Gasteiger charge is 2.24. The molecule has 0 unspecified atom stereocenters. The van der Waals surface area contributed by atoms with Crippen molar-refractivity contribution in [3.63, 3.8) is 0 Å². The molecule has 112 valence electrons. The fraction of sp³-hybridized carbons (Fsp3) is 0.529. The number of para-hydroxylation sites is 1. The van der Waals surface area contributed by atoms with Gasteiger partial charge in [-0.25, -0.2) is 4.98 Å². The first-order valence-electron chi connectivity index (χ1n) is 7.97. The third-order valence-electron chi connectivity index (χ3n) is 4.73. The molecule has 1 fully saturated rings. The van der Waals surface area contributed by atoms with Crippen LogP contribution in [0.25, 0.3) is 11.0 Å². The minimum Gasteiger partial charge on any atom is -0.366 e. The van der Waals surface area contributed by atoms with Crippen molar-refractivity contribution >= 4 is 16.9 Å². The number of carbonyl (C=O) groups is 1. The fourth-order valence-electron chi connectivity index (χ4n) is 3.58. The van der Waals surface area contributed by atoms with Gasteiger partial charge in [0.05, 0.1) is 11.1 Å².